The highest BCUT2D eigenvalue weighted by Crippen LogP contribution is 2.26. The SMILES string of the molecule is CCOC(=O)CCC(=O)c1ccc(Cl)cc1OCC1CO1. The van der Waals surface area contributed by atoms with E-state index in [1.807, 2.05) is 0 Å². The largest absolute Gasteiger partial charge is 0.490 e. The zero-order valence-corrected chi connectivity index (χ0v) is 12.5. The van der Waals surface area contributed by atoms with Gasteiger partial charge in [0.05, 0.1) is 25.2 Å². The molecule has 1 saturated heterocycles. The Bertz CT molecular complexity index is 525. The maximum atomic E-state index is 12.2. The first kappa shape index (κ1) is 15.8. The van der Waals surface area contributed by atoms with Crippen molar-refractivity contribution in [2.24, 2.45) is 0 Å². The van der Waals surface area contributed by atoms with Gasteiger partial charge in [0.15, 0.2) is 5.78 Å². The number of rotatable bonds is 8. The number of halogens is 1. The molecule has 21 heavy (non-hydrogen) atoms. The van der Waals surface area contributed by atoms with Crippen molar-refractivity contribution in [3.05, 3.63) is 28.8 Å². The summed E-state index contributed by atoms with van der Waals surface area (Å²) >= 11 is 5.92. The van der Waals surface area contributed by atoms with Crippen LogP contribution in [0.1, 0.15) is 30.1 Å². The Kier molecular flexibility index (Phi) is 5.59. The summed E-state index contributed by atoms with van der Waals surface area (Å²) in [6.07, 6.45) is 0.225. The molecule has 1 aromatic rings. The lowest BCUT2D eigenvalue weighted by Crippen LogP contribution is -2.11. The molecule has 1 aromatic carbocycles. The summed E-state index contributed by atoms with van der Waals surface area (Å²) in [7, 11) is 0. The summed E-state index contributed by atoms with van der Waals surface area (Å²) < 4.78 is 15.4. The normalized spacial score (nSPS) is 16.4. The number of carbonyl (C=O) groups excluding carboxylic acids is 2. The van der Waals surface area contributed by atoms with Gasteiger partial charge in [0.2, 0.25) is 0 Å². The van der Waals surface area contributed by atoms with Gasteiger partial charge in [-0.3, -0.25) is 9.59 Å². The molecule has 2 rings (SSSR count). The average Bonchev–Trinajstić information content (AvgIpc) is 3.27. The van der Waals surface area contributed by atoms with Gasteiger partial charge in [-0.1, -0.05) is 11.6 Å². The topological polar surface area (TPSA) is 65.1 Å². The maximum Gasteiger partial charge on any atom is 0.306 e. The van der Waals surface area contributed by atoms with Gasteiger partial charge in [-0.15, -0.1) is 0 Å². The van der Waals surface area contributed by atoms with Crippen LogP contribution < -0.4 is 4.74 Å². The fraction of sp³-hybridized carbons (Fsp3) is 0.467. The van der Waals surface area contributed by atoms with Gasteiger partial charge in [0, 0.05) is 11.4 Å². The molecule has 6 heteroatoms. The third-order valence-corrected chi connectivity index (χ3v) is 3.17. The van der Waals surface area contributed by atoms with E-state index >= 15 is 0 Å². The van der Waals surface area contributed by atoms with Gasteiger partial charge in [-0.25, -0.2) is 0 Å². The van der Waals surface area contributed by atoms with Gasteiger partial charge in [-0.05, 0) is 25.1 Å². The zero-order valence-electron chi connectivity index (χ0n) is 11.8. The van der Waals surface area contributed by atoms with Gasteiger partial charge in [0.1, 0.15) is 18.5 Å². The molecule has 0 amide bonds. The van der Waals surface area contributed by atoms with Crippen LogP contribution in [0.3, 0.4) is 0 Å². The van der Waals surface area contributed by atoms with Crippen LogP contribution in [0.2, 0.25) is 5.02 Å². The minimum Gasteiger partial charge on any atom is -0.490 e. The van der Waals surface area contributed by atoms with Crippen LogP contribution in [0, 0.1) is 0 Å². The van der Waals surface area contributed by atoms with Crippen LogP contribution in [0.4, 0.5) is 0 Å². The molecule has 0 aliphatic carbocycles. The fourth-order valence-electron chi connectivity index (χ4n) is 1.78. The summed E-state index contributed by atoms with van der Waals surface area (Å²) in [6.45, 7) is 3.10. The molecule has 1 unspecified atom stereocenters. The van der Waals surface area contributed by atoms with Crippen LogP contribution in [0.5, 0.6) is 5.75 Å². The number of Topliss-reactive ketones (excluding diaryl/α,β-unsaturated/α-hetero) is 1. The fourth-order valence-corrected chi connectivity index (χ4v) is 1.94. The molecule has 0 bridgehead atoms. The minimum absolute atomic E-state index is 0.0560. The first-order chi connectivity index (χ1) is 10.1. The Morgan fingerprint density at radius 2 is 2.14 bits per heavy atom. The van der Waals surface area contributed by atoms with E-state index in [-0.39, 0.29) is 30.7 Å². The summed E-state index contributed by atoms with van der Waals surface area (Å²) in [6, 6.07) is 4.83. The third kappa shape index (κ3) is 5.02. The lowest BCUT2D eigenvalue weighted by atomic mass is 10.1. The molecule has 1 fully saturated rings. The second-order valence-corrected chi connectivity index (χ2v) is 5.07. The van der Waals surface area contributed by atoms with Crippen molar-refractivity contribution in [1.29, 1.82) is 0 Å². The van der Waals surface area contributed by atoms with E-state index in [4.69, 9.17) is 25.8 Å². The lowest BCUT2D eigenvalue weighted by molar-refractivity contribution is -0.143. The smallest absolute Gasteiger partial charge is 0.306 e. The van der Waals surface area contributed by atoms with Gasteiger partial charge in [0.25, 0.3) is 0 Å². The number of epoxide rings is 1. The standard InChI is InChI=1S/C15H17ClO5/c1-2-19-15(18)6-5-13(17)12-4-3-10(16)7-14(12)21-9-11-8-20-11/h3-4,7,11H,2,5-6,8-9H2,1H3. The van der Waals surface area contributed by atoms with E-state index in [2.05, 4.69) is 0 Å². The molecule has 114 valence electrons. The Morgan fingerprint density at radius 3 is 2.81 bits per heavy atom. The second-order valence-electron chi connectivity index (χ2n) is 4.64. The van der Waals surface area contributed by atoms with Crippen LogP contribution in [-0.2, 0) is 14.3 Å². The molecular weight excluding hydrogens is 296 g/mol. The highest BCUT2D eigenvalue weighted by molar-refractivity contribution is 6.30. The molecule has 0 N–H and O–H groups in total. The van der Waals surface area contributed by atoms with Gasteiger partial charge < -0.3 is 14.2 Å². The van der Waals surface area contributed by atoms with Crippen LogP contribution in [0.25, 0.3) is 0 Å². The highest BCUT2D eigenvalue weighted by Gasteiger charge is 2.24. The number of ketones is 1. The van der Waals surface area contributed by atoms with E-state index in [0.717, 1.165) is 0 Å². The van der Waals surface area contributed by atoms with Crippen molar-refractivity contribution < 1.29 is 23.8 Å². The number of benzene rings is 1. The average molecular weight is 313 g/mol. The predicted octanol–water partition coefficient (Wildman–Crippen LogP) is 2.64. The molecule has 0 radical (unpaired) electrons. The van der Waals surface area contributed by atoms with E-state index in [1.165, 1.54) is 0 Å². The summed E-state index contributed by atoms with van der Waals surface area (Å²) in [5, 5.41) is 0.489. The van der Waals surface area contributed by atoms with Gasteiger partial charge in [-0.2, -0.15) is 0 Å². The number of carbonyl (C=O) groups is 2. The molecule has 1 aliphatic heterocycles. The minimum atomic E-state index is -0.381. The second kappa shape index (κ2) is 7.43. The first-order valence-electron chi connectivity index (χ1n) is 6.83. The van der Waals surface area contributed by atoms with Crippen molar-refractivity contribution in [1.82, 2.24) is 0 Å². The molecule has 0 spiro atoms. The number of esters is 1. The Balaban J connectivity index is 1.99. The quantitative estimate of drug-likeness (QED) is 0.419. The van der Waals surface area contributed by atoms with Crippen LogP contribution in [0.15, 0.2) is 18.2 Å². The predicted molar refractivity (Wildman–Crippen MR) is 76.9 cm³/mol. The van der Waals surface area contributed by atoms with Crippen LogP contribution in [-0.4, -0.2) is 37.7 Å². The Labute approximate surface area is 128 Å². The molecule has 1 atom stereocenters. The number of hydrogen-bond donors (Lipinski definition) is 0. The lowest BCUT2D eigenvalue weighted by Gasteiger charge is -2.10. The van der Waals surface area contributed by atoms with Crippen molar-refractivity contribution in [3.8, 4) is 5.75 Å². The summed E-state index contributed by atoms with van der Waals surface area (Å²) in [4.78, 5) is 23.5. The first-order valence-corrected chi connectivity index (χ1v) is 7.20. The number of hydrogen-bond acceptors (Lipinski definition) is 5. The zero-order chi connectivity index (χ0) is 15.2. The molecule has 1 aliphatic rings. The highest BCUT2D eigenvalue weighted by atomic mass is 35.5. The van der Waals surface area contributed by atoms with E-state index < -0.39 is 0 Å². The van der Waals surface area contributed by atoms with Crippen molar-refractivity contribution in [2.45, 2.75) is 25.9 Å². The van der Waals surface area contributed by atoms with E-state index in [0.29, 0.717) is 36.2 Å². The number of ether oxygens (including phenoxy) is 3. The van der Waals surface area contributed by atoms with E-state index in [1.54, 1.807) is 25.1 Å². The Hall–Kier alpha value is -1.59. The maximum absolute atomic E-state index is 12.2. The monoisotopic (exact) mass is 312 g/mol. The van der Waals surface area contributed by atoms with Crippen molar-refractivity contribution >= 4 is 23.4 Å². The molecule has 1 heterocycles. The van der Waals surface area contributed by atoms with Gasteiger partial charge >= 0.3 is 5.97 Å². The summed E-state index contributed by atoms with van der Waals surface area (Å²) in [5.41, 5.74) is 0.421. The molecule has 5 nitrogen and oxygen atoms in total. The third-order valence-electron chi connectivity index (χ3n) is 2.93. The van der Waals surface area contributed by atoms with Crippen molar-refractivity contribution in [3.63, 3.8) is 0 Å². The van der Waals surface area contributed by atoms with Crippen molar-refractivity contribution in [2.75, 3.05) is 19.8 Å². The Morgan fingerprint density at radius 1 is 1.38 bits per heavy atom. The van der Waals surface area contributed by atoms with E-state index in [9.17, 15) is 9.59 Å². The molecule has 0 saturated carbocycles. The van der Waals surface area contributed by atoms with Crippen LogP contribution >= 0.6 is 11.6 Å². The summed E-state index contributed by atoms with van der Waals surface area (Å²) in [5.74, 6) is -0.132. The molecular formula is C15H17ClO5. The molecule has 0 aromatic heterocycles.